The number of benzene rings is 3. The second-order valence-electron chi connectivity index (χ2n) is 8.83. The zero-order valence-corrected chi connectivity index (χ0v) is 21.2. The normalized spacial score (nSPS) is 10.6. The van der Waals surface area contributed by atoms with E-state index in [1.165, 1.54) is 0 Å². The van der Waals surface area contributed by atoms with Crippen LogP contribution in [0.4, 0.5) is 11.4 Å². The van der Waals surface area contributed by atoms with Gasteiger partial charge in [-0.3, -0.25) is 19.6 Å². The van der Waals surface area contributed by atoms with Crippen molar-refractivity contribution < 1.29 is 9.59 Å². The molecule has 0 aliphatic carbocycles. The van der Waals surface area contributed by atoms with Crippen LogP contribution in [-0.4, -0.2) is 35.9 Å². The van der Waals surface area contributed by atoms with Crippen LogP contribution in [0.15, 0.2) is 122 Å². The number of carbonyl (C=O) groups excluding carboxylic acids is 2. The van der Waals surface area contributed by atoms with Crippen molar-refractivity contribution in [2.75, 3.05) is 23.9 Å². The van der Waals surface area contributed by atoms with E-state index in [1.807, 2.05) is 84.9 Å². The summed E-state index contributed by atoms with van der Waals surface area (Å²) < 4.78 is 0. The third-order valence-electron chi connectivity index (χ3n) is 6.40. The van der Waals surface area contributed by atoms with E-state index in [0.717, 1.165) is 33.9 Å². The molecule has 6 nitrogen and oxygen atoms in total. The predicted molar refractivity (Wildman–Crippen MR) is 151 cm³/mol. The van der Waals surface area contributed by atoms with Crippen molar-refractivity contribution in [1.29, 1.82) is 0 Å². The second-order valence-corrected chi connectivity index (χ2v) is 8.83. The molecule has 2 amide bonds. The molecule has 6 heteroatoms. The molecule has 186 valence electrons. The Morgan fingerprint density at radius 1 is 0.526 bits per heavy atom. The molecular weight excluding hydrogens is 472 g/mol. The fourth-order valence-electron chi connectivity index (χ4n) is 4.19. The van der Waals surface area contributed by atoms with Crippen molar-refractivity contribution in [3.05, 3.63) is 133 Å². The highest BCUT2D eigenvalue weighted by Gasteiger charge is 2.18. The van der Waals surface area contributed by atoms with Gasteiger partial charge in [0.25, 0.3) is 11.8 Å². The van der Waals surface area contributed by atoms with Crippen molar-refractivity contribution in [3.8, 4) is 22.5 Å². The van der Waals surface area contributed by atoms with E-state index in [9.17, 15) is 9.59 Å². The lowest BCUT2D eigenvalue weighted by molar-refractivity contribution is 0.0992. The standard InChI is InChI=1S/C32H26N4O2/c1-35(27-16-12-23(13-17-27)29-10-3-5-20-33-29)31(37)25-8-7-9-26(22-25)32(38)36(2)28-18-14-24(15-19-28)30-11-4-6-21-34-30/h3-22H,1-2H3. The van der Waals surface area contributed by atoms with Crippen LogP contribution in [0.1, 0.15) is 20.7 Å². The van der Waals surface area contributed by atoms with Crippen LogP contribution >= 0.6 is 0 Å². The maximum absolute atomic E-state index is 13.3. The molecule has 0 atom stereocenters. The average molecular weight is 499 g/mol. The molecule has 0 radical (unpaired) electrons. The number of hydrogen-bond donors (Lipinski definition) is 0. The Bertz CT molecular complexity index is 1440. The summed E-state index contributed by atoms with van der Waals surface area (Å²) in [4.78, 5) is 38.4. The summed E-state index contributed by atoms with van der Waals surface area (Å²) in [6.45, 7) is 0. The van der Waals surface area contributed by atoms with Crippen molar-refractivity contribution >= 4 is 23.2 Å². The van der Waals surface area contributed by atoms with Gasteiger partial charge in [0.2, 0.25) is 0 Å². The molecule has 38 heavy (non-hydrogen) atoms. The van der Waals surface area contributed by atoms with E-state index in [1.54, 1.807) is 60.6 Å². The Labute approximate surface area is 221 Å². The van der Waals surface area contributed by atoms with Crippen molar-refractivity contribution in [2.45, 2.75) is 0 Å². The molecule has 5 aromatic rings. The van der Waals surface area contributed by atoms with E-state index in [0.29, 0.717) is 11.1 Å². The molecule has 0 N–H and O–H groups in total. The van der Waals surface area contributed by atoms with Crippen molar-refractivity contribution in [3.63, 3.8) is 0 Å². The molecule has 3 aromatic carbocycles. The van der Waals surface area contributed by atoms with E-state index >= 15 is 0 Å². The SMILES string of the molecule is CN(C(=O)c1cccc(C(=O)N(C)c2ccc(-c3ccccn3)cc2)c1)c1ccc(-c2ccccn2)cc1. The van der Waals surface area contributed by atoms with Gasteiger partial charge in [-0.05, 0) is 66.7 Å². The Hall–Kier alpha value is -5.10. The first-order valence-electron chi connectivity index (χ1n) is 12.2. The van der Waals surface area contributed by atoms with Crippen molar-refractivity contribution in [1.82, 2.24) is 9.97 Å². The lowest BCUT2D eigenvalue weighted by atomic mass is 10.1. The number of anilines is 2. The largest absolute Gasteiger partial charge is 0.311 e. The molecule has 0 fully saturated rings. The summed E-state index contributed by atoms with van der Waals surface area (Å²) >= 11 is 0. The Kier molecular flexibility index (Phi) is 7.04. The smallest absolute Gasteiger partial charge is 0.258 e. The molecule has 0 aliphatic rings. The molecule has 0 saturated carbocycles. The number of amides is 2. The van der Waals surface area contributed by atoms with Crippen LogP contribution in [-0.2, 0) is 0 Å². The highest BCUT2D eigenvalue weighted by Crippen LogP contribution is 2.24. The number of rotatable bonds is 6. The van der Waals surface area contributed by atoms with Gasteiger partial charge in [-0.1, -0.05) is 42.5 Å². The quantitative estimate of drug-likeness (QED) is 0.273. The second kappa shape index (κ2) is 10.9. The molecule has 0 spiro atoms. The molecule has 5 rings (SSSR count). The highest BCUT2D eigenvalue weighted by atomic mass is 16.2. The maximum atomic E-state index is 13.3. The number of hydrogen-bond acceptors (Lipinski definition) is 4. The van der Waals surface area contributed by atoms with Gasteiger partial charge in [0.05, 0.1) is 11.4 Å². The molecule has 2 heterocycles. The first kappa shape index (κ1) is 24.6. The first-order chi connectivity index (χ1) is 18.5. The minimum absolute atomic E-state index is 0.201. The summed E-state index contributed by atoms with van der Waals surface area (Å²) in [5.41, 5.74) is 6.05. The van der Waals surface area contributed by atoms with E-state index < -0.39 is 0 Å². The van der Waals surface area contributed by atoms with Crippen LogP contribution in [0, 0.1) is 0 Å². The molecular formula is C32H26N4O2. The Morgan fingerprint density at radius 3 is 1.32 bits per heavy atom. The van der Waals surface area contributed by atoms with Gasteiger partial charge in [0, 0.05) is 60.1 Å². The van der Waals surface area contributed by atoms with Gasteiger partial charge >= 0.3 is 0 Å². The highest BCUT2D eigenvalue weighted by molar-refractivity contribution is 6.10. The van der Waals surface area contributed by atoms with E-state index in [4.69, 9.17) is 0 Å². The summed E-state index contributed by atoms with van der Waals surface area (Å²) in [6, 6.07) is 33.6. The van der Waals surface area contributed by atoms with Crippen LogP contribution in [0.3, 0.4) is 0 Å². The van der Waals surface area contributed by atoms with Gasteiger partial charge in [-0.25, -0.2) is 0 Å². The number of nitrogens with zero attached hydrogens (tertiary/aromatic N) is 4. The number of aromatic nitrogens is 2. The Morgan fingerprint density at radius 2 is 0.947 bits per heavy atom. The van der Waals surface area contributed by atoms with Crippen LogP contribution < -0.4 is 9.80 Å². The summed E-state index contributed by atoms with van der Waals surface area (Å²) in [5, 5.41) is 0. The summed E-state index contributed by atoms with van der Waals surface area (Å²) in [5.74, 6) is -0.403. The lowest BCUT2D eigenvalue weighted by Gasteiger charge is -2.20. The fourth-order valence-corrected chi connectivity index (χ4v) is 4.19. The first-order valence-corrected chi connectivity index (χ1v) is 12.2. The van der Waals surface area contributed by atoms with E-state index in [-0.39, 0.29) is 11.8 Å². The van der Waals surface area contributed by atoms with E-state index in [2.05, 4.69) is 9.97 Å². The zero-order valence-electron chi connectivity index (χ0n) is 21.2. The zero-order chi connectivity index (χ0) is 26.5. The molecule has 0 bridgehead atoms. The third-order valence-corrected chi connectivity index (χ3v) is 6.40. The minimum atomic E-state index is -0.201. The molecule has 0 saturated heterocycles. The van der Waals surface area contributed by atoms with Gasteiger partial charge in [0.15, 0.2) is 0 Å². The number of carbonyl (C=O) groups is 2. The maximum Gasteiger partial charge on any atom is 0.258 e. The fraction of sp³-hybridized carbons (Fsp3) is 0.0625. The van der Waals surface area contributed by atoms with Gasteiger partial charge in [-0.2, -0.15) is 0 Å². The Balaban J connectivity index is 1.30. The van der Waals surface area contributed by atoms with Gasteiger partial charge < -0.3 is 9.80 Å². The monoisotopic (exact) mass is 498 g/mol. The predicted octanol–water partition coefficient (Wildman–Crippen LogP) is 6.36. The van der Waals surface area contributed by atoms with Crippen molar-refractivity contribution in [2.24, 2.45) is 0 Å². The third kappa shape index (κ3) is 5.20. The lowest BCUT2D eigenvalue weighted by Crippen LogP contribution is -2.28. The average Bonchev–Trinajstić information content (AvgIpc) is 3.00. The van der Waals surface area contributed by atoms with Gasteiger partial charge in [-0.15, -0.1) is 0 Å². The molecule has 0 unspecified atom stereocenters. The van der Waals surface area contributed by atoms with Gasteiger partial charge in [0.1, 0.15) is 0 Å². The summed E-state index contributed by atoms with van der Waals surface area (Å²) in [6.07, 6.45) is 3.50. The summed E-state index contributed by atoms with van der Waals surface area (Å²) in [7, 11) is 3.45. The minimum Gasteiger partial charge on any atom is -0.311 e. The van der Waals surface area contributed by atoms with Crippen LogP contribution in [0.5, 0.6) is 0 Å². The molecule has 0 aliphatic heterocycles. The van der Waals surface area contributed by atoms with Crippen LogP contribution in [0.2, 0.25) is 0 Å². The molecule has 2 aromatic heterocycles. The number of pyridine rings is 2. The topological polar surface area (TPSA) is 66.4 Å². The van der Waals surface area contributed by atoms with Crippen LogP contribution in [0.25, 0.3) is 22.5 Å².